The average Bonchev–Trinajstić information content (AvgIpc) is 3.16. The van der Waals surface area contributed by atoms with E-state index >= 15 is 0 Å². The van der Waals surface area contributed by atoms with Crippen LogP contribution in [0.4, 0.5) is 11.5 Å². The first-order valence-electron chi connectivity index (χ1n) is 11.0. The first-order chi connectivity index (χ1) is 15.2. The van der Waals surface area contributed by atoms with Gasteiger partial charge in [0.05, 0.1) is 17.4 Å². The number of aromatic nitrogens is 1. The van der Waals surface area contributed by atoms with Gasteiger partial charge in [0.1, 0.15) is 5.82 Å². The standard InChI is InChI=1S/C24H29N5O3/c1-4-15-9-18(12-26-20(15)25)28-22(31)23(32)29-13-14(2)7-8-24(29,3)17-6-5-16-11-27-21(30)19(16)10-17/h5-6,9-10,12,14H,4,7-8,11,13H2,1-3H3,(H2,25,26)(H,27,30)(H,28,31)/t14-,24-/m0/s1. The Kier molecular flexibility index (Phi) is 5.62. The highest BCUT2D eigenvalue weighted by Crippen LogP contribution is 2.40. The molecular formula is C24H29N5O3. The number of fused-ring (bicyclic) bond motifs is 1. The summed E-state index contributed by atoms with van der Waals surface area (Å²) in [5.41, 5.74) is 8.86. The third-order valence-corrected chi connectivity index (χ3v) is 6.71. The summed E-state index contributed by atoms with van der Waals surface area (Å²) in [5, 5.41) is 5.51. The SMILES string of the molecule is CCc1cc(NC(=O)C(=O)N2C[C@@H](C)CC[C@@]2(C)c2ccc3c(c2)C(=O)NC3)cnc1N. The van der Waals surface area contributed by atoms with E-state index in [-0.39, 0.29) is 11.8 Å². The Balaban J connectivity index is 1.62. The Bertz CT molecular complexity index is 1100. The number of carbonyl (C=O) groups excluding carboxylic acids is 3. The molecule has 0 bridgehead atoms. The van der Waals surface area contributed by atoms with Crippen LogP contribution in [0.15, 0.2) is 30.5 Å². The lowest BCUT2D eigenvalue weighted by Crippen LogP contribution is -2.55. The van der Waals surface area contributed by atoms with Crippen LogP contribution >= 0.6 is 0 Å². The zero-order valence-electron chi connectivity index (χ0n) is 18.7. The number of hydrogen-bond donors (Lipinski definition) is 3. The van der Waals surface area contributed by atoms with E-state index in [1.54, 1.807) is 11.0 Å². The molecule has 0 radical (unpaired) electrons. The van der Waals surface area contributed by atoms with Crippen LogP contribution in [0.1, 0.15) is 60.7 Å². The minimum atomic E-state index is -0.710. The van der Waals surface area contributed by atoms with Crippen molar-refractivity contribution in [2.24, 2.45) is 5.92 Å². The minimum Gasteiger partial charge on any atom is -0.383 e. The largest absolute Gasteiger partial charge is 0.383 e. The molecule has 3 amide bonds. The number of nitrogen functional groups attached to an aromatic ring is 1. The molecule has 1 aromatic carbocycles. The van der Waals surface area contributed by atoms with Gasteiger partial charge in [-0.25, -0.2) is 4.98 Å². The molecule has 4 rings (SSSR count). The zero-order valence-corrected chi connectivity index (χ0v) is 18.7. The zero-order chi connectivity index (χ0) is 23.0. The van der Waals surface area contributed by atoms with Crippen molar-refractivity contribution in [3.63, 3.8) is 0 Å². The molecule has 8 nitrogen and oxygen atoms in total. The molecule has 0 saturated carbocycles. The Morgan fingerprint density at radius 2 is 2.12 bits per heavy atom. The van der Waals surface area contributed by atoms with E-state index < -0.39 is 17.4 Å². The second-order valence-electron chi connectivity index (χ2n) is 8.96. The van der Waals surface area contributed by atoms with Gasteiger partial charge in [0.15, 0.2) is 0 Å². The van der Waals surface area contributed by atoms with E-state index in [2.05, 4.69) is 22.5 Å². The van der Waals surface area contributed by atoms with Gasteiger partial charge in [0.2, 0.25) is 0 Å². The fraction of sp³-hybridized carbons (Fsp3) is 0.417. The van der Waals surface area contributed by atoms with Crippen LogP contribution in [0.5, 0.6) is 0 Å². The molecule has 2 atom stereocenters. The lowest BCUT2D eigenvalue weighted by Gasteiger charge is -2.47. The van der Waals surface area contributed by atoms with E-state index in [1.807, 2.05) is 32.0 Å². The quantitative estimate of drug-likeness (QED) is 0.641. The van der Waals surface area contributed by atoms with Crippen molar-refractivity contribution in [3.05, 3.63) is 52.7 Å². The molecule has 32 heavy (non-hydrogen) atoms. The summed E-state index contributed by atoms with van der Waals surface area (Å²) in [6, 6.07) is 7.50. The summed E-state index contributed by atoms with van der Waals surface area (Å²) < 4.78 is 0. The van der Waals surface area contributed by atoms with Crippen molar-refractivity contribution >= 4 is 29.2 Å². The van der Waals surface area contributed by atoms with Gasteiger partial charge < -0.3 is 21.3 Å². The molecular weight excluding hydrogens is 406 g/mol. The highest BCUT2D eigenvalue weighted by atomic mass is 16.2. The number of pyridine rings is 1. The van der Waals surface area contributed by atoms with E-state index in [0.29, 0.717) is 43.0 Å². The van der Waals surface area contributed by atoms with Crippen molar-refractivity contribution in [3.8, 4) is 0 Å². The molecule has 0 spiro atoms. The number of carbonyl (C=O) groups is 3. The number of rotatable bonds is 3. The van der Waals surface area contributed by atoms with Crippen molar-refractivity contribution in [1.29, 1.82) is 0 Å². The van der Waals surface area contributed by atoms with Gasteiger partial charge in [-0.2, -0.15) is 0 Å². The van der Waals surface area contributed by atoms with Crippen molar-refractivity contribution in [1.82, 2.24) is 15.2 Å². The molecule has 1 fully saturated rings. The highest BCUT2D eigenvalue weighted by Gasteiger charge is 2.43. The van der Waals surface area contributed by atoms with Gasteiger partial charge >= 0.3 is 11.8 Å². The molecule has 0 unspecified atom stereocenters. The predicted octanol–water partition coefficient (Wildman–Crippen LogP) is 2.58. The molecule has 3 heterocycles. The summed E-state index contributed by atoms with van der Waals surface area (Å²) in [6.07, 6.45) is 3.75. The van der Waals surface area contributed by atoms with E-state index in [9.17, 15) is 14.4 Å². The van der Waals surface area contributed by atoms with Crippen molar-refractivity contribution in [2.45, 2.75) is 52.1 Å². The summed E-state index contributed by atoms with van der Waals surface area (Å²) in [4.78, 5) is 44.2. The number of nitrogens with two attached hydrogens (primary N) is 1. The van der Waals surface area contributed by atoms with Crippen LogP contribution in [0.25, 0.3) is 0 Å². The number of anilines is 2. The van der Waals surface area contributed by atoms with Gasteiger partial charge in [-0.05, 0) is 60.9 Å². The number of aryl methyl sites for hydroxylation is 1. The maximum atomic E-state index is 13.3. The predicted molar refractivity (Wildman–Crippen MR) is 122 cm³/mol. The first kappa shape index (κ1) is 21.8. The topological polar surface area (TPSA) is 117 Å². The molecule has 4 N–H and O–H groups in total. The lowest BCUT2D eigenvalue weighted by atomic mass is 9.78. The molecule has 1 aromatic heterocycles. The Morgan fingerprint density at radius 3 is 2.88 bits per heavy atom. The van der Waals surface area contributed by atoms with Crippen molar-refractivity contribution < 1.29 is 14.4 Å². The number of benzene rings is 1. The number of likely N-dealkylation sites (tertiary alicyclic amines) is 1. The van der Waals surface area contributed by atoms with Gasteiger partial charge in [-0.15, -0.1) is 0 Å². The number of nitrogens with one attached hydrogen (secondary N) is 2. The molecule has 8 heteroatoms. The summed E-state index contributed by atoms with van der Waals surface area (Å²) in [6.45, 7) is 6.97. The van der Waals surface area contributed by atoms with Gasteiger partial charge in [-0.1, -0.05) is 26.0 Å². The monoisotopic (exact) mass is 435 g/mol. The molecule has 1 saturated heterocycles. The smallest absolute Gasteiger partial charge is 0.313 e. The van der Waals surface area contributed by atoms with Crippen LogP contribution in [-0.4, -0.2) is 34.2 Å². The van der Waals surface area contributed by atoms with Crippen LogP contribution in [0, 0.1) is 5.92 Å². The maximum Gasteiger partial charge on any atom is 0.313 e. The molecule has 0 aliphatic carbocycles. The number of amides is 3. The second kappa shape index (κ2) is 8.26. The molecule has 2 aromatic rings. The van der Waals surface area contributed by atoms with Crippen LogP contribution in [0.3, 0.4) is 0 Å². The van der Waals surface area contributed by atoms with Crippen LogP contribution in [-0.2, 0) is 28.1 Å². The normalized spacial score (nSPS) is 22.3. The van der Waals surface area contributed by atoms with Gasteiger partial charge in [-0.3, -0.25) is 14.4 Å². The average molecular weight is 436 g/mol. The third kappa shape index (κ3) is 3.81. The lowest BCUT2D eigenvalue weighted by molar-refractivity contribution is -0.150. The first-order valence-corrected chi connectivity index (χ1v) is 11.0. The van der Waals surface area contributed by atoms with Gasteiger partial charge in [0.25, 0.3) is 5.91 Å². The number of nitrogens with zero attached hydrogens (tertiary/aromatic N) is 2. The van der Waals surface area contributed by atoms with Crippen LogP contribution < -0.4 is 16.4 Å². The van der Waals surface area contributed by atoms with Crippen molar-refractivity contribution in [2.75, 3.05) is 17.6 Å². The number of hydrogen-bond acceptors (Lipinski definition) is 5. The summed E-state index contributed by atoms with van der Waals surface area (Å²) >= 11 is 0. The maximum absolute atomic E-state index is 13.3. The fourth-order valence-corrected chi connectivity index (χ4v) is 4.60. The van der Waals surface area contributed by atoms with E-state index in [1.165, 1.54) is 6.20 Å². The Labute approximate surface area is 187 Å². The van der Waals surface area contributed by atoms with Crippen LogP contribution in [0.2, 0.25) is 0 Å². The minimum absolute atomic E-state index is 0.104. The van der Waals surface area contributed by atoms with Gasteiger partial charge in [0, 0.05) is 18.7 Å². The summed E-state index contributed by atoms with van der Waals surface area (Å²) in [5.74, 6) is -0.734. The summed E-state index contributed by atoms with van der Waals surface area (Å²) in [7, 11) is 0. The highest BCUT2D eigenvalue weighted by molar-refractivity contribution is 6.39. The van der Waals surface area contributed by atoms with E-state index in [0.717, 1.165) is 23.1 Å². The second-order valence-corrected chi connectivity index (χ2v) is 8.96. The molecule has 2 aliphatic heterocycles. The van der Waals surface area contributed by atoms with E-state index in [4.69, 9.17) is 5.73 Å². The Morgan fingerprint density at radius 1 is 1.34 bits per heavy atom. The molecule has 168 valence electrons. The number of piperidine rings is 1. The molecule has 2 aliphatic rings. The fourth-order valence-electron chi connectivity index (χ4n) is 4.60. The Hall–Kier alpha value is -3.42. The third-order valence-electron chi connectivity index (χ3n) is 6.71.